The number of amides is 2. The Kier molecular flexibility index (Phi) is 5.79. The third kappa shape index (κ3) is 4.59. The summed E-state index contributed by atoms with van der Waals surface area (Å²) in [6.07, 6.45) is 8.07. The Labute approximate surface area is 169 Å². The number of rotatable bonds is 5. The zero-order valence-electron chi connectivity index (χ0n) is 16.2. The van der Waals surface area contributed by atoms with E-state index < -0.39 is 0 Å². The number of nitrogens with one attached hydrogen (secondary N) is 2. The molecule has 1 saturated carbocycles. The van der Waals surface area contributed by atoms with Crippen LogP contribution in [-0.2, 0) is 16.1 Å². The van der Waals surface area contributed by atoms with Crippen LogP contribution in [0.3, 0.4) is 0 Å². The summed E-state index contributed by atoms with van der Waals surface area (Å²) in [4.78, 5) is 33.6. The van der Waals surface area contributed by atoms with E-state index in [1.165, 1.54) is 0 Å². The second kappa shape index (κ2) is 8.82. The van der Waals surface area contributed by atoms with Crippen molar-refractivity contribution in [1.29, 1.82) is 0 Å². The molecule has 1 aliphatic carbocycles. The molecule has 0 unspecified atom stereocenters. The second-order valence-electron chi connectivity index (χ2n) is 7.49. The quantitative estimate of drug-likeness (QED) is 0.698. The van der Waals surface area contributed by atoms with E-state index in [0.29, 0.717) is 6.54 Å². The summed E-state index contributed by atoms with van der Waals surface area (Å²) in [5.74, 6) is -0.0175. The summed E-state index contributed by atoms with van der Waals surface area (Å²) in [6, 6.07) is 13.4. The SMILES string of the molecule is O=C(NCc1ccncc1)C1CCC(C(=O)Nc2cccc3cccnc23)CC1. The molecule has 2 N–H and O–H groups in total. The molecular formula is C23H24N4O2. The first-order chi connectivity index (χ1) is 14.2. The van der Waals surface area contributed by atoms with Gasteiger partial charge in [-0.15, -0.1) is 0 Å². The molecule has 148 valence electrons. The van der Waals surface area contributed by atoms with E-state index in [2.05, 4.69) is 20.6 Å². The Morgan fingerprint density at radius 1 is 0.862 bits per heavy atom. The van der Waals surface area contributed by atoms with E-state index >= 15 is 0 Å². The van der Waals surface area contributed by atoms with Crippen LogP contribution in [0.1, 0.15) is 31.2 Å². The fourth-order valence-corrected chi connectivity index (χ4v) is 3.89. The molecule has 0 spiro atoms. The lowest BCUT2D eigenvalue weighted by Gasteiger charge is -2.27. The van der Waals surface area contributed by atoms with Crippen molar-refractivity contribution >= 4 is 28.4 Å². The van der Waals surface area contributed by atoms with Gasteiger partial charge in [-0.1, -0.05) is 18.2 Å². The fraction of sp³-hybridized carbons (Fsp3) is 0.304. The van der Waals surface area contributed by atoms with Crippen LogP contribution in [0.25, 0.3) is 10.9 Å². The van der Waals surface area contributed by atoms with E-state index in [1.807, 2.05) is 42.5 Å². The maximum absolute atomic E-state index is 12.8. The molecule has 2 aromatic heterocycles. The van der Waals surface area contributed by atoms with E-state index in [9.17, 15) is 9.59 Å². The predicted molar refractivity (Wildman–Crippen MR) is 112 cm³/mol. The lowest BCUT2D eigenvalue weighted by Crippen LogP contribution is -2.35. The number of hydrogen-bond donors (Lipinski definition) is 2. The normalized spacial score (nSPS) is 18.9. The molecular weight excluding hydrogens is 364 g/mol. The van der Waals surface area contributed by atoms with Gasteiger partial charge in [-0.05, 0) is 55.5 Å². The van der Waals surface area contributed by atoms with Gasteiger partial charge in [-0.25, -0.2) is 0 Å². The topological polar surface area (TPSA) is 84.0 Å². The highest BCUT2D eigenvalue weighted by molar-refractivity contribution is 6.01. The van der Waals surface area contributed by atoms with Crippen LogP contribution < -0.4 is 10.6 Å². The number of hydrogen-bond acceptors (Lipinski definition) is 4. The molecule has 0 saturated heterocycles. The van der Waals surface area contributed by atoms with Gasteiger partial charge < -0.3 is 10.6 Å². The summed E-state index contributed by atoms with van der Waals surface area (Å²) in [6.45, 7) is 0.510. The molecule has 4 rings (SSSR count). The number of carbonyl (C=O) groups excluding carboxylic acids is 2. The number of nitrogens with zero attached hydrogens (tertiary/aromatic N) is 2. The Bertz CT molecular complexity index is 993. The average Bonchev–Trinajstić information content (AvgIpc) is 2.78. The minimum Gasteiger partial charge on any atom is -0.352 e. The maximum Gasteiger partial charge on any atom is 0.227 e. The Balaban J connectivity index is 1.30. The van der Waals surface area contributed by atoms with E-state index in [0.717, 1.165) is 47.8 Å². The maximum atomic E-state index is 12.8. The average molecular weight is 388 g/mol. The van der Waals surface area contributed by atoms with Crippen molar-refractivity contribution in [2.45, 2.75) is 32.2 Å². The fourth-order valence-electron chi connectivity index (χ4n) is 3.89. The number of carbonyl (C=O) groups is 2. The monoisotopic (exact) mass is 388 g/mol. The number of fused-ring (bicyclic) bond motifs is 1. The summed E-state index contributed by atoms with van der Waals surface area (Å²) in [7, 11) is 0. The molecule has 3 aromatic rings. The summed E-state index contributed by atoms with van der Waals surface area (Å²) >= 11 is 0. The molecule has 0 bridgehead atoms. The molecule has 2 heterocycles. The first-order valence-corrected chi connectivity index (χ1v) is 10.0. The van der Waals surface area contributed by atoms with Crippen LogP contribution >= 0.6 is 0 Å². The Morgan fingerprint density at radius 3 is 2.31 bits per heavy atom. The van der Waals surface area contributed by atoms with E-state index in [-0.39, 0.29) is 23.7 Å². The zero-order chi connectivity index (χ0) is 20.1. The molecule has 0 radical (unpaired) electrons. The predicted octanol–water partition coefficient (Wildman–Crippen LogP) is 3.69. The standard InChI is InChI=1S/C23H24N4O2/c28-22(26-15-16-10-13-24-14-11-16)18-6-8-19(9-7-18)23(29)27-20-5-1-3-17-4-2-12-25-21(17)20/h1-5,10-14,18-19H,6-9,15H2,(H,26,28)(H,27,29). The number of anilines is 1. The third-order valence-corrected chi connectivity index (χ3v) is 5.58. The zero-order valence-corrected chi connectivity index (χ0v) is 16.2. The van der Waals surface area contributed by atoms with Gasteiger partial charge in [0.05, 0.1) is 11.2 Å². The summed E-state index contributed by atoms with van der Waals surface area (Å²) in [5, 5.41) is 7.03. The number of benzene rings is 1. The molecule has 6 heteroatoms. The van der Waals surface area contributed by atoms with Crippen molar-refractivity contribution in [3.63, 3.8) is 0 Å². The van der Waals surface area contributed by atoms with Gasteiger partial charge in [0.1, 0.15) is 0 Å². The van der Waals surface area contributed by atoms with Gasteiger partial charge in [0.2, 0.25) is 11.8 Å². The van der Waals surface area contributed by atoms with Crippen LogP contribution in [0.5, 0.6) is 0 Å². The molecule has 0 aliphatic heterocycles. The van der Waals surface area contributed by atoms with Crippen molar-refractivity contribution in [2.24, 2.45) is 11.8 Å². The van der Waals surface area contributed by atoms with Crippen molar-refractivity contribution < 1.29 is 9.59 Å². The van der Waals surface area contributed by atoms with Crippen molar-refractivity contribution in [3.05, 3.63) is 66.6 Å². The summed E-state index contributed by atoms with van der Waals surface area (Å²) in [5.41, 5.74) is 2.57. The largest absolute Gasteiger partial charge is 0.352 e. The highest BCUT2D eigenvalue weighted by atomic mass is 16.2. The van der Waals surface area contributed by atoms with Gasteiger partial charge in [0, 0.05) is 42.4 Å². The van der Waals surface area contributed by atoms with Crippen LogP contribution in [-0.4, -0.2) is 21.8 Å². The Morgan fingerprint density at radius 2 is 1.55 bits per heavy atom. The molecule has 1 aromatic carbocycles. The van der Waals surface area contributed by atoms with Crippen LogP contribution in [0.2, 0.25) is 0 Å². The van der Waals surface area contributed by atoms with Gasteiger partial charge in [0.25, 0.3) is 0 Å². The minimum absolute atomic E-state index is 0.0128. The van der Waals surface area contributed by atoms with Crippen molar-refractivity contribution in [2.75, 3.05) is 5.32 Å². The van der Waals surface area contributed by atoms with Gasteiger partial charge in [-0.3, -0.25) is 19.6 Å². The second-order valence-corrected chi connectivity index (χ2v) is 7.49. The van der Waals surface area contributed by atoms with Gasteiger partial charge in [0.15, 0.2) is 0 Å². The lowest BCUT2D eigenvalue weighted by molar-refractivity contribution is -0.128. The Hall–Kier alpha value is -3.28. The first kappa shape index (κ1) is 19.1. The number of para-hydroxylation sites is 1. The first-order valence-electron chi connectivity index (χ1n) is 10.0. The van der Waals surface area contributed by atoms with Gasteiger partial charge in [-0.2, -0.15) is 0 Å². The number of pyridine rings is 2. The van der Waals surface area contributed by atoms with Gasteiger partial charge >= 0.3 is 0 Å². The molecule has 29 heavy (non-hydrogen) atoms. The molecule has 0 atom stereocenters. The van der Waals surface area contributed by atoms with Crippen molar-refractivity contribution in [1.82, 2.24) is 15.3 Å². The highest BCUT2D eigenvalue weighted by Crippen LogP contribution is 2.30. The molecule has 1 fully saturated rings. The minimum atomic E-state index is -0.0711. The van der Waals surface area contributed by atoms with E-state index in [4.69, 9.17) is 0 Å². The lowest BCUT2D eigenvalue weighted by atomic mass is 9.81. The van der Waals surface area contributed by atoms with Crippen LogP contribution in [0.15, 0.2) is 61.1 Å². The van der Waals surface area contributed by atoms with Crippen molar-refractivity contribution in [3.8, 4) is 0 Å². The molecule has 2 amide bonds. The smallest absolute Gasteiger partial charge is 0.227 e. The summed E-state index contributed by atoms with van der Waals surface area (Å²) < 4.78 is 0. The van der Waals surface area contributed by atoms with E-state index in [1.54, 1.807) is 18.6 Å². The van der Waals surface area contributed by atoms with Crippen LogP contribution in [0, 0.1) is 11.8 Å². The highest BCUT2D eigenvalue weighted by Gasteiger charge is 2.30. The molecule has 1 aliphatic rings. The number of aromatic nitrogens is 2. The molecule has 6 nitrogen and oxygen atoms in total. The third-order valence-electron chi connectivity index (χ3n) is 5.58. The van der Waals surface area contributed by atoms with Crippen LogP contribution in [0.4, 0.5) is 5.69 Å².